The van der Waals surface area contributed by atoms with Gasteiger partial charge in [0.25, 0.3) is 0 Å². The molecule has 0 amide bonds. The van der Waals surface area contributed by atoms with E-state index in [2.05, 4.69) is 39.8 Å². The van der Waals surface area contributed by atoms with E-state index in [1.165, 1.54) is 0 Å². The summed E-state index contributed by atoms with van der Waals surface area (Å²) in [5.41, 5.74) is 5.45. The van der Waals surface area contributed by atoms with Crippen LogP contribution < -0.4 is 0 Å². The molecule has 3 heterocycles. The Balaban J connectivity index is 1.95. The third-order valence-corrected chi connectivity index (χ3v) is 4.54. The highest BCUT2D eigenvalue weighted by molar-refractivity contribution is 6.38. The van der Waals surface area contributed by atoms with E-state index in [-0.39, 0.29) is 0 Å². The Labute approximate surface area is 139 Å². The summed E-state index contributed by atoms with van der Waals surface area (Å²) >= 11 is 6.70. The maximum atomic E-state index is 6.70. The summed E-state index contributed by atoms with van der Waals surface area (Å²) < 4.78 is 2.16. The van der Waals surface area contributed by atoms with Crippen molar-refractivity contribution in [2.24, 2.45) is 7.05 Å². The average molecular weight is 320 g/mol. The fraction of sp³-hybridized carbons (Fsp3) is 0.0526. The van der Waals surface area contributed by atoms with E-state index in [9.17, 15) is 0 Å². The second-order valence-corrected chi connectivity index (χ2v) is 5.80. The molecule has 4 aromatic rings. The molecule has 0 saturated heterocycles. The first-order chi connectivity index (χ1) is 11.3. The lowest BCUT2D eigenvalue weighted by atomic mass is 10.0. The SMILES string of the molecule is Cn1c(-c2ccncc2)cc2c(Cl)c(-c3ccncc3)ccc21. The van der Waals surface area contributed by atoms with Gasteiger partial charge in [0.2, 0.25) is 0 Å². The van der Waals surface area contributed by atoms with E-state index in [1.54, 1.807) is 24.8 Å². The Morgan fingerprint density at radius 3 is 2.09 bits per heavy atom. The van der Waals surface area contributed by atoms with Gasteiger partial charge in [-0.2, -0.15) is 0 Å². The first-order valence-electron chi connectivity index (χ1n) is 7.34. The number of fused-ring (bicyclic) bond motifs is 1. The molecule has 0 fully saturated rings. The van der Waals surface area contributed by atoms with Gasteiger partial charge in [-0.05, 0) is 42.0 Å². The summed E-state index contributed by atoms with van der Waals surface area (Å²) in [5.74, 6) is 0. The van der Waals surface area contributed by atoms with Gasteiger partial charge < -0.3 is 4.57 Å². The summed E-state index contributed by atoms with van der Waals surface area (Å²) in [6, 6.07) is 14.3. The monoisotopic (exact) mass is 319 g/mol. The van der Waals surface area contributed by atoms with Crippen LogP contribution in [0.2, 0.25) is 5.02 Å². The minimum absolute atomic E-state index is 0.768. The molecule has 0 radical (unpaired) electrons. The Bertz CT molecular complexity index is 976. The Morgan fingerprint density at radius 2 is 1.43 bits per heavy atom. The molecule has 0 aliphatic carbocycles. The van der Waals surface area contributed by atoms with Crippen molar-refractivity contribution in [2.45, 2.75) is 0 Å². The van der Waals surface area contributed by atoms with Crippen LogP contribution in [0, 0.1) is 0 Å². The fourth-order valence-electron chi connectivity index (χ4n) is 2.93. The molecule has 0 atom stereocenters. The van der Waals surface area contributed by atoms with Crippen LogP contribution in [-0.4, -0.2) is 14.5 Å². The number of hydrogen-bond acceptors (Lipinski definition) is 2. The maximum absolute atomic E-state index is 6.70. The maximum Gasteiger partial charge on any atom is 0.0578 e. The zero-order chi connectivity index (χ0) is 15.8. The van der Waals surface area contributed by atoms with Crippen molar-refractivity contribution >= 4 is 22.5 Å². The minimum Gasteiger partial charge on any atom is -0.344 e. The van der Waals surface area contributed by atoms with E-state index in [0.29, 0.717) is 0 Å². The van der Waals surface area contributed by atoms with Crippen LogP contribution in [-0.2, 0) is 7.05 Å². The predicted molar refractivity (Wildman–Crippen MR) is 94.4 cm³/mol. The number of aryl methyl sites for hydroxylation is 1. The van der Waals surface area contributed by atoms with Crippen molar-refractivity contribution in [3.63, 3.8) is 0 Å². The van der Waals surface area contributed by atoms with E-state index in [1.807, 2.05) is 24.3 Å². The van der Waals surface area contributed by atoms with Crippen LogP contribution in [0.15, 0.2) is 67.3 Å². The van der Waals surface area contributed by atoms with Gasteiger partial charge in [0, 0.05) is 59.6 Å². The van der Waals surface area contributed by atoms with E-state index in [0.717, 1.165) is 38.3 Å². The Kier molecular flexibility index (Phi) is 3.36. The van der Waals surface area contributed by atoms with Crippen LogP contribution in [0.1, 0.15) is 0 Å². The second-order valence-electron chi connectivity index (χ2n) is 5.42. The summed E-state index contributed by atoms with van der Waals surface area (Å²) in [7, 11) is 2.06. The molecule has 0 aliphatic rings. The molecule has 0 spiro atoms. The Hall–Kier alpha value is -2.65. The van der Waals surface area contributed by atoms with Gasteiger partial charge in [0.1, 0.15) is 0 Å². The zero-order valence-corrected chi connectivity index (χ0v) is 13.3. The molecule has 4 heteroatoms. The number of nitrogens with zero attached hydrogens (tertiary/aromatic N) is 3. The summed E-state index contributed by atoms with van der Waals surface area (Å²) in [4.78, 5) is 8.15. The average Bonchev–Trinajstić information content (AvgIpc) is 2.95. The lowest BCUT2D eigenvalue weighted by Gasteiger charge is -2.07. The first kappa shape index (κ1) is 14.0. The highest BCUT2D eigenvalue weighted by atomic mass is 35.5. The number of halogens is 1. The third kappa shape index (κ3) is 2.30. The van der Waals surface area contributed by atoms with Gasteiger partial charge in [-0.15, -0.1) is 0 Å². The smallest absolute Gasteiger partial charge is 0.0578 e. The van der Waals surface area contributed by atoms with Gasteiger partial charge in [-0.3, -0.25) is 9.97 Å². The lowest BCUT2D eigenvalue weighted by molar-refractivity contribution is 0.977. The van der Waals surface area contributed by atoms with Crippen molar-refractivity contribution in [3.05, 3.63) is 72.3 Å². The largest absolute Gasteiger partial charge is 0.344 e. The van der Waals surface area contributed by atoms with Crippen LogP contribution in [0.25, 0.3) is 33.3 Å². The molecule has 4 rings (SSSR count). The molecule has 23 heavy (non-hydrogen) atoms. The molecule has 0 unspecified atom stereocenters. The third-order valence-electron chi connectivity index (χ3n) is 4.13. The number of benzene rings is 1. The molecular formula is C19H14ClN3. The fourth-order valence-corrected chi connectivity index (χ4v) is 3.25. The molecule has 112 valence electrons. The van der Waals surface area contributed by atoms with E-state index >= 15 is 0 Å². The molecule has 3 aromatic heterocycles. The Morgan fingerprint density at radius 1 is 0.826 bits per heavy atom. The molecule has 0 N–H and O–H groups in total. The molecule has 3 nitrogen and oxygen atoms in total. The molecule has 0 saturated carbocycles. The van der Waals surface area contributed by atoms with Crippen molar-refractivity contribution in [2.75, 3.05) is 0 Å². The van der Waals surface area contributed by atoms with Gasteiger partial charge in [0.05, 0.1) is 5.02 Å². The minimum atomic E-state index is 0.768. The number of pyridine rings is 2. The number of rotatable bonds is 2. The predicted octanol–water partition coefficient (Wildman–Crippen LogP) is 4.96. The quantitative estimate of drug-likeness (QED) is 0.523. The zero-order valence-electron chi connectivity index (χ0n) is 12.6. The summed E-state index contributed by atoms with van der Waals surface area (Å²) in [5, 5.41) is 1.82. The normalized spacial score (nSPS) is 11.0. The van der Waals surface area contributed by atoms with Crippen molar-refractivity contribution < 1.29 is 0 Å². The van der Waals surface area contributed by atoms with Gasteiger partial charge in [0.15, 0.2) is 0 Å². The van der Waals surface area contributed by atoms with Gasteiger partial charge in [-0.1, -0.05) is 17.7 Å². The molecule has 0 bridgehead atoms. The van der Waals surface area contributed by atoms with Gasteiger partial charge >= 0.3 is 0 Å². The van der Waals surface area contributed by atoms with Crippen LogP contribution in [0.5, 0.6) is 0 Å². The molecular weight excluding hydrogens is 306 g/mol. The van der Waals surface area contributed by atoms with E-state index in [4.69, 9.17) is 11.6 Å². The van der Waals surface area contributed by atoms with Crippen molar-refractivity contribution in [1.82, 2.24) is 14.5 Å². The van der Waals surface area contributed by atoms with E-state index < -0.39 is 0 Å². The molecule has 0 aliphatic heterocycles. The second kappa shape index (κ2) is 5.52. The topological polar surface area (TPSA) is 30.7 Å². The van der Waals surface area contributed by atoms with Gasteiger partial charge in [-0.25, -0.2) is 0 Å². The van der Waals surface area contributed by atoms with Crippen molar-refractivity contribution in [1.29, 1.82) is 0 Å². The molecule has 1 aromatic carbocycles. The van der Waals surface area contributed by atoms with Crippen LogP contribution >= 0.6 is 11.6 Å². The van der Waals surface area contributed by atoms with Crippen molar-refractivity contribution in [3.8, 4) is 22.4 Å². The number of hydrogen-bond donors (Lipinski definition) is 0. The van der Waals surface area contributed by atoms with Crippen LogP contribution in [0.3, 0.4) is 0 Å². The number of aromatic nitrogens is 3. The standard InChI is InChI=1S/C19H14ClN3/c1-23-17-3-2-15(13-4-8-21-9-5-13)19(20)16(17)12-18(23)14-6-10-22-11-7-14/h2-12H,1H3. The summed E-state index contributed by atoms with van der Waals surface area (Å²) in [6.45, 7) is 0. The highest BCUT2D eigenvalue weighted by Crippen LogP contribution is 2.37. The first-order valence-corrected chi connectivity index (χ1v) is 7.72. The van der Waals surface area contributed by atoms with Crippen LogP contribution in [0.4, 0.5) is 0 Å². The lowest BCUT2D eigenvalue weighted by Crippen LogP contribution is -1.91. The summed E-state index contributed by atoms with van der Waals surface area (Å²) in [6.07, 6.45) is 7.17. The highest BCUT2D eigenvalue weighted by Gasteiger charge is 2.13.